The maximum absolute atomic E-state index is 12.6. The van der Waals surface area contributed by atoms with Crippen LogP contribution in [0.2, 0.25) is 0 Å². The first-order valence-electron chi connectivity index (χ1n) is 12.4. The van der Waals surface area contributed by atoms with E-state index in [-0.39, 0.29) is 12.1 Å². The van der Waals surface area contributed by atoms with Crippen LogP contribution < -0.4 is 5.11 Å². The molecule has 1 saturated carbocycles. The van der Waals surface area contributed by atoms with Gasteiger partial charge in [0, 0.05) is 19.6 Å². The summed E-state index contributed by atoms with van der Waals surface area (Å²) in [6.07, 6.45) is 2.19. The second kappa shape index (κ2) is 11.4. The minimum absolute atomic E-state index is 0.0556. The molecule has 0 spiro atoms. The van der Waals surface area contributed by atoms with Crippen molar-refractivity contribution < 1.29 is 29.0 Å². The molecule has 1 aromatic carbocycles. The quantitative estimate of drug-likeness (QED) is 0.512. The van der Waals surface area contributed by atoms with Crippen molar-refractivity contribution in [1.29, 1.82) is 0 Å². The molecule has 5 rings (SSSR count). The average Bonchev–Trinajstić information content (AvgIpc) is 2.80. The van der Waals surface area contributed by atoms with Crippen molar-refractivity contribution in [1.82, 2.24) is 4.90 Å². The molecule has 2 bridgehead atoms. The summed E-state index contributed by atoms with van der Waals surface area (Å²) in [6.45, 7) is 14.3. The van der Waals surface area contributed by atoms with Gasteiger partial charge in [0.2, 0.25) is 0 Å². The number of quaternary nitrogens is 1. The van der Waals surface area contributed by atoms with Gasteiger partial charge in [-0.2, -0.15) is 0 Å². The number of piperazine rings is 3. The highest BCUT2D eigenvalue weighted by atomic mass is 16.5. The van der Waals surface area contributed by atoms with Crippen molar-refractivity contribution in [2.24, 2.45) is 17.8 Å². The van der Waals surface area contributed by atoms with Crippen LogP contribution >= 0.6 is 0 Å². The number of carboxylic acids is 1. The van der Waals surface area contributed by atoms with Crippen molar-refractivity contribution in [3.8, 4) is 0 Å². The molecule has 4 fully saturated rings. The first kappa shape index (κ1) is 25.7. The van der Waals surface area contributed by atoms with Gasteiger partial charge in [0.15, 0.2) is 6.54 Å². The van der Waals surface area contributed by atoms with E-state index < -0.39 is 12.1 Å². The predicted molar refractivity (Wildman–Crippen MR) is 124 cm³/mol. The maximum atomic E-state index is 12.6. The molecule has 0 amide bonds. The Bertz CT molecular complexity index is 762. The minimum Gasteiger partial charge on any atom is -0.547 e. The van der Waals surface area contributed by atoms with Gasteiger partial charge in [-0.1, -0.05) is 57.5 Å². The lowest BCUT2D eigenvalue weighted by molar-refractivity contribution is -0.934. The highest BCUT2D eigenvalue weighted by molar-refractivity contribution is 5.71. The predicted octanol–water partition coefficient (Wildman–Crippen LogP) is 1.61. The maximum Gasteiger partial charge on any atom is 0.362 e. The number of nitrogens with zero attached hydrogens (tertiary/aromatic N) is 2. The van der Waals surface area contributed by atoms with Crippen LogP contribution in [0.15, 0.2) is 30.3 Å². The lowest BCUT2D eigenvalue weighted by atomic mass is 9.75. The monoisotopic (exact) mass is 460 g/mol. The largest absolute Gasteiger partial charge is 0.547 e. The molecule has 1 aromatic rings. The average molecular weight is 461 g/mol. The summed E-state index contributed by atoms with van der Waals surface area (Å²) in [7, 11) is 0. The Kier molecular flexibility index (Phi) is 8.90. The number of hydrogen-bond donors (Lipinski definition) is 1. The Balaban J connectivity index is 0.000000235. The van der Waals surface area contributed by atoms with E-state index in [1.807, 2.05) is 0 Å². The molecule has 0 aromatic heterocycles. The number of aliphatic hydroxyl groups excluding tert-OH is 1. The number of aliphatic hydroxyl groups is 1. The molecule has 1 aliphatic carbocycles. The van der Waals surface area contributed by atoms with Crippen LogP contribution in [0.5, 0.6) is 0 Å². The van der Waals surface area contributed by atoms with E-state index in [0.29, 0.717) is 29.9 Å². The Morgan fingerprint density at radius 3 is 2.27 bits per heavy atom. The molecule has 4 atom stereocenters. The summed E-state index contributed by atoms with van der Waals surface area (Å²) in [5.41, 5.74) is 0.340. The van der Waals surface area contributed by atoms with Gasteiger partial charge in [-0.25, -0.2) is 4.79 Å². The number of benzene rings is 1. The van der Waals surface area contributed by atoms with Crippen LogP contribution in [0, 0.1) is 17.8 Å². The molecule has 3 aliphatic heterocycles. The number of rotatable bonds is 6. The van der Waals surface area contributed by atoms with Gasteiger partial charge in [-0.3, -0.25) is 4.90 Å². The van der Waals surface area contributed by atoms with Gasteiger partial charge in [0.05, 0.1) is 25.6 Å². The van der Waals surface area contributed by atoms with Gasteiger partial charge in [0.25, 0.3) is 0 Å². The number of carbonyl (C=O) groups excluding carboxylic acids is 2. The molecule has 0 radical (unpaired) electrons. The molecule has 7 heteroatoms. The summed E-state index contributed by atoms with van der Waals surface area (Å²) >= 11 is 0. The molecule has 7 nitrogen and oxygen atoms in total. The number of hydrogen-bond acceptors (Lipinski definition) is 6. The van der Waals surface area contributed by atoms with Crippen molar-refractivity contribution in [2.75, 3.05) is 45.8 Å². The van der Waals surface area contributed by atoms with Gasteiger partial charge in [-0.15, -0.1) is 0 Å². The Hall–Kier alpha value is -1.96. The zero-order chi connectivity index (χ0) is 24.0. The van der Waals surface area contributed by atoms with Crippen LogP contribution in [0.25, 0.3) is 0 Å². The fourth-order valence-electron chi connectivity index (χ4n) is 5.47. The smallest absolute Gasteiger partial charge is 0.362 e. The molecule has 184 valence electrons. The molecule has 3 saturated heterocycles. The number of esters is 1. The van der Waals surface area contributed by atoms with Crippen LogP contribution in [0.1, 0.15) is 51.7 Å². The van der Waals surface area contributed by atoms with E-state index >= 15 is 0 Å². The van der Waals surface area contributed by atoms with Crippen molar-refractivity contribution >= 4 is 11.9 Å². The van der Waals surface area contributed by atoms with Gasteiger partial charge >= 0.3 is 5.97 Å². The van der Waals surface area contributed by atoms with E-state index in [1.165, 1.54) is 25.0 Å². The highest BCUT2D eigenvalue weighted by Gasteiger charge is 2.41. The Morgan fingerprint density at radius 2 is 1.73 bits per heavy atom. The fraction of sp³-hybridized carbons (Fsp3) is 0.692. The third-order valence-corrected chi connectivity index (χ3v) is 7.72. The van der Waals surface area contributed by atoms with Crippen LogP contribution in [0.4, 0.5) is 0 Å². The summed E-state index contributed by atoms with van der Waals surface area (Å²) in [5, 5.41) is 19.1. The second-order valence-corrected chi connectivity index (χ2v) is 10.5. The minimum atomic E-state index is -1.52. The van der Waals surface area contributed by atoms with Crippen LogP contribution in [0.3, 0.4) is 0 Å². The first-order chi connectivity index (χ1) is 15.7. The van der Waals surface area contributed by atoms with E-state index in [2.05, 4.69) is 25.7 Å². The second-order valence-electron chi connectivity index (χ2n) is 10.5. The van der Waals surface area contributed by atoms with E-state index in [1.54, 1.807) is 18.2 Å². The third kappa shape index (κ3) is 7.01. The van der Waals surface area contributed by atoms with Crippen molar-refractivity contribution in [3.05, 3.63) is 35.9 Å². The first-order valence-corrected chi connectivity index (χ1v) is 12.4. The third-order valence-electron chi connectivity index (χ3n) is 7.72. The molecule has 1 N–H and O–H groups in total. The van der Waals surface area contributed by atoms with Crippen molar-refractivity contribution in [2.45, 2.75) is 52.2 Å². The number of carboxylic acid groups (broad SMARTS) is 1. The molecule has 2 unspecified atom stereocenters. The summed E-state index contributed by atoms with van der Waals surface area (Å²) < 4.78 is 6.99. The van der Waals surface area contributed by atoms with Crippen LogP contribution in [-0.2, 0) is 14.3 Å². The molecule has 3 heterocycles. The molecular formula is C26H40N2O5. The van der Waals surface area contributed by atoms with E-state index in [4.69, 9.17) is 9.84 Å². The molecule has 33 heavy (non-hydrogen) atoms. The van der Waals surface area contributed by atoms with Gasteiger partial charge < -0.3 is 24.2 Å². The van der Waals surface area contributed by atoms with E-state index in [0.717, 1.165) is 50.2 Å². The van der Waals surface area contributed by atoms with Gasteiger partial charge in [-0.05, 0) is 36.2 Å². The lowest BCUT2D eigenvalue weighted by Crippen LogP contribution is -2.68. The zero-order valence-electron chi connectivity index (χ0n) is 20.3. The SMILES string of the molecule is CC1CC[C@@H](C(C)C)[C@H](OC(=O)C[N+]23CCN(CC2)CC3)C1.O=C([O-])C(O)c1ccccc1. The summed E-state index contributed by atoms with van der Waals surface area (Å²) in [4.78, 5) is 25.2. The summed E-state index contributed by atoms with van der Waals surface area (Å²) in [6, 6.07) is 8.11. The lowest BCUT2D eigenvalue weighted by Gasteiger charge is -2.50. The number of aliphatic carboxylic acids is 1. The standard InChI is InChI=1S/C18H33N2O2.C8H8O3/c1-14(2)16-5-4-15(3)12-17(16)22-18(21)13-20-9-6-19(7-10-20)8-11-20;9-7(8(10)11)6-4-2-1-3-5-6/h14-17H,4-13H2,1-3H3;1-5,7,9H,(H,10,11)/q+1;/p-1/t15?,16-,17+;/m0./s1. The number of fused-ring (bicyclic) bond motifs is 3. The number of carbonyl (C=O) groups is 2. The van der Waals surface area contributed by atoms with Gasteiger partial charge in [0.1, 0.15) is 12.2 Å². The number of ether oxygens (including phenoxy) is 1. The zero-order valence-corrected chi connectivity index (χ0v) is 20.3. The topological polar surface area (TPSA) is 89.9 Å². The van der Waals surface area contributed by atoms with Crippen LogP contribution in [-0.4, -0.2) is 78.3 Å². The summed E-state index contributed by atoms with van der Waals surface area (Å²) in [5.74, 6) is 0.434. The Morgan fingerprint density at radius 1 is 1.12 bits per heavy atom. The fourth-order valence-corrected chi connectivity index (χ4v) is 5.47. The van der Waals surface area contributed by atoms with E-state index in [9.17, 15) is 14.7 Å². The van der Waals surface area contributed by atoms with Crippen molar-refractivity contribution in [3.63, 3.8) is 0 Å². The Labute approximate surface area is 197 Å². The highest BCUT2D eigenvalue weighted by Crippen LogP contribution is 2.35. The molecule has 4 aliphatic rings. The normalized spacial score (nSPS) is 31.9. The molecular weight excluding hydrogens is 420 g/mol.